The fourth-order valence-electron chi connectivity index (χ4n) is 3.90. The molecule has 146 valence electrons. The lowest BCUT2D eigenvalue weighted by molar-refractivity contribution is 0.0969. The highest BCUT2D eigenvalue weighted by atomic mass is 32.1. The number of halogens is 1. The van der Waals surface area contributed by atoms with Gasteiger partial charge in [0, 0.05) is 16.4 Å². The van der Waals surface area contributed by atoms with Gasteiger partial charge in [-0.2, -0.15) is 0 Å². The molecule has 2 aromatic heterocycles. The van der Waals surface area contributed by atoms with Gasteiger partial charge in [0.2, 0.25) is 0 Å². The van der Waals surface area contributed by atoms with Crippen molar-refractivity contribution in [3.63, 3.8) is 0 Å². The van der Waals surface area contributed by atoms with E-state index in [1.807, 2.05) is 13.8 Å². The van der Waals surface area contributed by atoms with Gasteiger partial charge < -0.3 is 0 Å². The number of hydrogen-bond donors (Lipinski definition) is 0. The predicted octanol–water partition coefficient (Wildman–Crippen LogP) is 4.79. The van der Waals surface area contributed by atoms with Crippen LogP contribution in [0.15, 0.2) is 23.0 Å². The van der Waals surface area contributed by atoms with E-state index in [4.69, 9.17) is 4.98 Å². The molecule has 0 amide bonds. The number of aryl methyl sites for hydroxylation is 3. The average Bonchev–Trinajstić information content (AvgIpc) is 3.04. The van der Waals surface area contributed by atoms with Gasteiger partial charge in [0.15, 0.2) is 5.78 Å². The van der Waals surface area contributed by atoms with Gasteiger partial charge >= 0.3 is 0 Å². The number of hydrogen-bond acceptors (Lipinski definition) is 4. The Hall–Kier alpha value is -2.34. The lowest BCUT2D eigenvalue weighted by Gasteiger charge is -2.15. The van der Waals surface area contributed by atoms with Crippen molar-refractivity contribution in [1.82, 2.24) is 9.55 Å². The molecular formula is C22H23FN2O2S. The Kier molecular flexibility index (Phi) is 4.91. The van der Waals surface area contributed by atoms with Crippen LogP contribution in [0.25, 0.3) is 10.2 Å². The summed E-state index contributed by atoms with van der Waals surface area (Å²) in [5.74, 6) is 0.0872. The zero-order valence-corrected chi connectivity index (χ0v) is 17.2. The lowest BCUT2D eigenvalue weighted by Crippen LogP contribution is -2.29. The van der Waals surface area contributed by atoms with E-state index in [1.54, 1.807) is 18.3 Å². The summed E-state index contributed by atoms with van der Waals surface area (Å²) in [4.78, 5) is 33.1. The monoisotopic (exact) mass is 398 g/mol. The van der Waals surface area contributed by atoms with Crippen molar-refractivity contribution in [1.29, 1.82) is 0 Å². The topological polar surface area (TPSA) is 52.0 Å². The molecule has 0 saturated heterocycles. The minimum atomic E-state index is -0.343. The molecule has 1 aliphatic rings. The van der Waals surface area contributed by atoms with E-state index in [1.165, 1.54) is 27.6 Å². The fourth-order valence-corrected chi connectivity index (χ4v) is 5.16. The van der Waals surface area contributed by atoms with Gasteiger partial charge in [-0.25, -0.2) is 9.37 Å². The number of aromatic nitrogens is 2. The maximum Gasteiger partial charge on any atom is 0.262 e. The quantitative estimate of drug-likeness (QED) is 0.594. The van der Waals surface area contributed by atoms with Crippen LogP contribution in [-0.2, 0) is 19.4 Å². The van der Waals surface area contributed by atoms with Crippen molar-refractivity contribution in [3.8, 4) is 0 Å². The average molecular weight is 399 g/mol. The Balaban J connectivity index is 1.83. The SMILES string of the molecule is Cc1cc(C(=O)Cn2c(C(C)C)nc3sc4c(c3c2=O)CCCC4)ccc1F. The molecule has 4 rings (SSSR count). The number of carbonyl (C=O) groups excluding carboxylic acids is 1. The van der Waals surface area contributed by atoms with Crippen LogP contribution >= 0.6 is 11.3 Å². The second-order valence-corrected chi connectivity index (χ2v) is 8.88. The molecule has 0 unspecified atom stereocenters. The molecular weight excluding hydrogens is 375 g/mol. The largest absolute Gasteiger partial charge is 0.292 e. The van der Waals surface area contributed by atoms with Crippen molar-refractivity contribution in [2.75, 3.05) is 0 Å². The number of Topliss-reactive ketones (excluding diaryl/α,β-unsaturated/α-hetero) is 1. The maximum absolute atomic E-state index is 13.5. The lowest BCUT2D eigenvalue weighted by atomic mass is 9.97. The second-order valence-electron chi connectivity index (χ2n) is 7.79. The molecule has 0 aliphatic heterocycles. The summed E-state index contributed by atoms with van der Waals surface area (Å²) in [7, 11) is 0. The first-order valence-corrected chi connectivity index (χ1v) is 10.5. The highest BCUT2D eigenvalue weighted by molar-refractivity contribution is 7.18. The van der Waals surface area contributed by atoms with E-state index in [0.29, 0.717) is 22.3 Å². The van der Waals surface area contributed by atoms with Crippen molar-refractivity contribution in [2.45, 2.75) is 58.9 Å². The minimum Gasteiger partial charge on any atom is -0.292 e. The van der Waals surface area contributed by atoms with Crippen LogP contribution in [0.2, 0.25) is 0 Å². The standard InChI is InChI=1S/C22H23FN2O2S/c1-12(2)20-24-21-19(15-6-4-5-7-18(15)28-21)22(27)25(20)11-17(26)14-8-9-16(23)13(3)10-14/h8-10,12H,4-7,11H2,1-3H3. The summed E-state index contributed by atoms with van der Waals surface area (Å²) in [6, 6.07) is 4.31. The Morgan fingerprint density at radius 1 is 1.29 bits per heavy atom. The first kappa shape index (κ1) is 19.0. The summed E-state index contributed by atoms with van der Waals surface area (Å²) >= 11 is 1.62. The van der Waals surface area contributed by atoms with Gasteiger partial charge in [-0.3, -0.25) is 14.2 Å². The molecule has 0 fully saturated rings. The van der Waals surface area contributed by atoms with E-state index >= 15 is 0 Å². The van der Waals surface area contributed by atoms with Crippen LogP contribution < -0.4 is 5.56 Å². The van der Waals surface area contributed by atoms with E-state index in [-0.39, 0.29) is 29.6 Å². The second kappa shape index (κ2) is 7.24. The molecule has 3 aromatic rings. The van der Waals surface area contributed by atoms with E-state index in [0.717, 1.165) is 36.1 Å². The fraction of sp³-hybridized carbons (Fsp3) is 0.409. The Labute approximate surface area is 167 Å². The number of thiophene rings is 1. The summed E-state index contributed by atoms with van der Waals surface area (Å²) in [5.41, 5.74) is 1.83. The maximum atomic E-state index is 13.5. The van der Waals surface area contributed by atoms with Crippen molar-refractivity contribution in [3.05, 3.63) is 61.8 Å². The number of ketones is 1. The highest BCUT2D eigenvalue weighted by Gasteiger charge is 2.24. The molecule has 4 nitrogen and oxygen atoms in total. The Morgan fingerprint density at radius 3 is 2.75 bits per heavy atom. The number of rotatable bonds is 4. The third-order valence-corrected chi connectivity index (χ3v) is 6.59. The van der Waals surface area contributed by atoms with Gasteiger partial charge in [0.1, 0.15) is 16.5 Å². The smallest absolute Gasteiger partial charge is 0.262 e. The first-order chi connectivity index (χ1) is 13.4. The minimum absolute atomic E-state index is 0.0129. The van der Waals surface area contributed by atoms with Gasteiger partial charge in [0.25, 0.3) is 5.56 Å². The molecule has 2 heterocycles. The number of fused-ring (bicyclic) bond motifs is 3. The summed E-state index contributed by atoms with van der Waals surface area (Å²) in [5, 5.41) is 0.687. The molecule has 0 saturated carbocycles. The highest BCUT2D eigenvalue weighted by Crippen LogP contribution is 2.34. The summed E-state index contributed by atoms with van der Waals surface area (Å²) in [6.45, 7) is 5.50. The van der Waals surface area contributed by atoms with Crippen molar-refractivity contribution in [2.24, 2.45) is 0 Å². The molecule has 0 atom stereocenters. The van der Waals surface area contributed by atoms with Crippen LogP contribution in [0.5, 0.6) is 0 Å². The molecule has 0 spiro atoms. The van der Waals surface area contributed by atoms with E-state index in [9.17, 15) is 14.0 Å². The third-order valence-electron chi connectivity index (χ3n) is 5.40. The van der Waals surface area contributed by atoms with Crippen LogP contribution in [0.1, 0.15) is 64.8 Å². The normalized spacial score (nSPS) is 13.9. The van der Waals surface area contributed by atoms with Crippen molar-refractivity contribution < 1.29 is 9.18 Å². The number of nitrogens with zero attached hydrogens (tertiary/aromatic N) is 2. The molecule has 1 aliphatic carbocycles. The molecule has 28 heavy (non-hydrogen) atoms. The first-order valence-electron chi connectivity index (χ1n) is 9.71. The Morgan fingerprint density at radius 2 is 2.04 bits per heavy atom. The van der Waals surface area contributed by atoms with Crippen LogP contribution in [-0.4, -0.2) is 15.3 Å². The molecule has 0 bridgehead atoms. The third kappa shape index (κ3) is 3.20. The van der Waals surface area contributed by atoms with Gasteiger partial charge in [0.05, 0.1) is 11.9 Å². The number of benzene rings is 1. The van der Waals surface area contributed by atoms with E-state index < -0.39 is 0 Å². The zero-order chi connectivity index (χ0) is 20.0. The number of carbonyl (C=O) groups is 1. The van der Waals surface area contributed by atoms with Gasteiger partial charge in [-0.15, -0.1) is 11.3 Å². The zero-order valence-electron chi connectivity index (χ0n) is 16.3. The summed E-state index contributed by atoms with van der Waals surface area (Å²) in [6.07, 6.45) is 4.13. The molecule has 1 aromatic carbocycles. The molecule has 0 radical (unpaired) electrons. The van der Waals surface area contributed by atoms with Crippen molar-refractivity contribution >= 4 is 27.3 Å². The Bertz CT molecular complexity index is 1140. The van der Waals surface area contributed by atoms with Crippen LogP contribution in [0, 0.1) is 12.7 Å². The predicted molar refractivity (Wildman–Crippen MR) is 110 cm³/mol. The van der Waals surface area contributed by atoms with Gasteiger partial charge in [-0.1, -0.05) is 13.8 Å². The molecule has 6 heteroatoms. The molecule has 0 N–H and O–H groups in total. The van der Waals surface area contributed by atoms with Crippen LogP contribution in [0.3, 0.4) is 0 Å². The summed E-state index contributed by atoms with van der Waals surface area (Å²) < 4.78 is 15.1. The van der Waals surface area contributed by atoms with Gasteiger partial charge in [-0.05, 0) is 61.9 Å². The van der Waals surface area contributed by atoms with Crippen LogP contribution in [0.4, 0.5) is 4.39 Å². The van der Waals surface area contributed by atoms with E-state index in [2.05, 4.69) is 0 Å².